The summed E-state index contributed by atoms with van der Waals surface area (Å²) in [6.07, 6.45) is 0. The fourth-order valence-corrected chi connectivity index (χ4v) is 3.71. The number of aromatic nitrogens is 1. The lowest BCUT2D eigenvalue weighted by molar-refractivity contribution is 0.0927. The smallest absolute Gasteiger partial charge is 0.280 e. The number of carbonyl (C=O) groups is 2. The predicted molar refractivity (Wildman–Crippen MR) is 108 cm³/mol. The van der Waals surface area contributed by atoms with Gasteiger partial charge in [0.25, 0.3) is 11.8 Å². The van der Waals surface area contributed by atoms with E-state index in [4.69, 9.17) is 0 Å². The van der Waals surface area contributed by atoms with Gasteiger partial charge in [0.15, 0.2) is 5.01 Å². The lowest BCUT2D eigenvalue weighted by Crippen LogP contribution is -2.34. The molecule has 1 heterocycles. The van der Waals surface area contributed by atoms with Crippen LogP contribution in [0.25, 0.3) is 21.0 Å². The van der Waals surface area contributed by atoms with Crippen LogP contribution in [0, 0.1) is 0 Å². The van der Waals surface area contributed by atoms with Crippen LogP contribution in [0.3, 0.4) is 0 Å². The molecule has 4 aromatic rings. The van der Waals surface area contributed by atoms with Gasteiger partial charge in [0.2, 0.25) is 0 Å². The zero-order valence-electron chi connectivity index (χ0n) is 14.4. The molecule has 1 aromatic heterocycles. The molecular formula is C21H17N3O2S. The highest BCUT2D eigenvalue weighted by Gasteiger charge is 2.11. The zero-order chi connectivity index (χ0) is 18.6. The Morgan fingerprint density at radius 3 is 2.33 bits per heavy atom. The normalized spacial score (nSPS) is 10.8. The van der Waals surface area contributed by atoms with E-state index < -0.39 is 0 Å². The molecule has 0 atom stereocenters. The Kier molecular flexibility index (Phi) is 4.80. The van der Waals surface area contributed by atoms with E-state index in [-0.39, 0.29) is 11.8 Å². The minimum Gasteiger partial charge on any atom is -0.350 e. The first-order valence-corrected chi connectivity index (χ1v) is 9.43. The van der Waals surface area contributed by atoms with E-state index >= 15 is 0 Å². The number of nitrogens with zero attached hydrogens (tertiary/aromatic N) is 1. The number of fused-ring (bicyclic) bond motifs is 2. The third kappa shape index (κ3) is 3.80. The fourth-order valence-electron chi connectivity index (χ4n) is 2.83. The number of hydrogen-bond acceptors (Lipinski definition) is 4. The SMILES string of the molecule is O=C(NCCNC(=O)c1nc2ccccc2s1)c1ccc2ccccc2c1. The van der Waals surface area contributed by atoms with E-state index in [1.54, 1.807) is 6.07 Å². The summed E-state index contributed by atoms with van der Waals surface area (Å²) in [5.41, 5.74) is 1.42. The van der Waals surface area contributed by atoms with Gasteiger partial charge in [-0.05, 0) is 35.0 Å². The van der Waals surface area contributed by atoms with Gasteiger partial charge in [-0.2, -0.15) is 0 Å². The molecule has 0 aliphatic carbocycles. The van der Waals surface area contributed by atoms with Crippen LogP contribution in [0.15, 0.2) is 66.7 Å². The second kappa shape index (κ2) is 7.55. The highest BCUT2D eigenvalue weighted by Crippen LogP contribution is 2.21. The van der Waals surface area contributed by atoms with Crippen LogP contribution in [0.2, 0.25) is 0 Å². The van der Waals surface area contributed by atoms with Crippen LogP contribution in [-0.2, 0) is 0 Å². The summed E-state index contributed by atoms with van der Waals surface area (Å²) < 4.78 is 0.979. The summed E-state index contributed by atoms with van der Waals surface area (Å²) in [5, 5.41) is 8.16. The molecule has 0 saturated carbocycles. The Bertz CT molecular complexity index is 1100. The maximum Gasteiger partial charge on any atom is 0.280 e. The number of rotatable bonds is 5. The van der Waals surface area contributed by atoms with E-state index in [2.05, 4.69) is 15.6 Å². The molecule has 5 nitrogen and oxygen atoms in total. The predicted octanol–water partition coefficient (Wildman–Crippen LogP) is 3.61. The molecule has 0 fully saturated rings. The van der Waals surface area contributed by atoms with Gasteiger partial charge in [-0.1, -0.05) is 42.5 Å². The van der Waals surface area contributed by atoms with Gasteiger partial charge in [0.05, 0.1) is 10.2 Å². The molecule has 27 heavy (non-hydrogen) atoms. The molecule has 6 heteroatoms. The van der Waals surface area contributed by atoms with Gasteiger partial charge in [0, 0.05) is 18.7 Å². The van der Waals surface area contributed by atoms with Crippen LogP contribution in [-0.4, -0.2) is 29.9 Å². The van der Waals surface area contributed by atoms with Gasteiger partial charge in [-0.25, -0.2) is 4.98 Å². The first-order valence-electron chi connectivity index (χ1n) is 8.61. The van der Waals surface area contributed by atoms with E-state index in [0.717, 1.165) is 21.0 Å². The molecule has 4 rings (SSSR count). The summed E-state index contributed by atoms with van der Waals surface area (Å²) in [5.74, 6) is -0.383. The minimum absolute atomic E-state index is 0.157. The van der Waals surface area contributed by atoms with Gasteiger partial charge >= 0.3 is 0 Å². The lowest BCUT2D eigenvalue weighted by atomic mass is 10.1. The summed E-state index contributed by atoms with van der Waals surface area (Å²) in [6.45, 7) is 0.691. The monoisotopic (exact) mass is 375 g/mol. The number of para-hydroxylation sites is 1. The van der Waals surface area contributed by atoms with Crippen molar-refractivity contribution in [1.29, 1.82) is 0 Å². The number of amides is 2. The fraction of sp³-hybridized carbons (Fsp3) is 0.0952. The Hall–Kier alpha value is -3.25. The van der Waals surface area contributed by atoms with Crippen molar-refractivity contribution >= 4 is 44.1 Å². The van der Waals surface area contributed by atoms with Crippen LogP contribution < -0.4 is 10.6 Å². The molecule has 2 N–H and O–H groups in total. The van der Waals surface area contributed by atoms with Gasteiger partial charge in [-0.3, -0.25) is 9.59 Å². The highest BCUT2D eigenvalue weighted by molar-refractivity contribution is 7.20. The summed E-state index contributed by atoms with van der Waals surface area (Å²) in [6, 6.07) is 21.1. The molecule has 0 unspecified atom stereocenters. The van der Waals surface area contributed by atoms with Crippen LogP contribution in [0.1, 0.15) is 20.2 Å². The second-order valence-electron chi connectivity index (χ2n) is 6.06. The van der Waals surface area contributed by atoms with Gasteiger partial charge in [-0.15, -0.1) is 11.3 Å². The first-order chi connectivity index (χ1) is 13.2. The summed E-state index contributed by atoms with van der Waals surface area (Å²) in [4.78, 5) is 28.8. The van der Waals surface area contributed by atoms with Crippen molar-refractivity contribution in [3.63, 3.8) is 0 Å². The highest BCUT2D eigenvalue weighted by atomic mass is 32.1. The minimum atomic E-state index is -0.226. The number of benzene rings is 3. The number of nitrogens with one attached hydrogen (secondary N) is 2. The molecule has 0 radical (unpaired) electrons. The van der Waals surface area contributed by atoms with E-state index in [9.17, 15) is 9.59 Å². The van der Waals surface area contributed by atoms with Gasteiger partial charge in [0.1, 0.15) is 0 Å². The van der Waals surface area contributed by atoms with E-state index in [1.807, 2.05) is 60.7 Å². The molecule has 0 bridgehead atoms. The van der Waals surface area contributed by atoms with Crippen molar-refractivity contribution < 1.29 is 9.59 Å². The summed E-state index contributed by atoms with van der Waals surface area (Å²) >= 11 is 1.36. The van der Waals surface area contributed by atoms with E-state index in [1.165, 1.54) is 11.3 Å². The Morgan fingerprint density at radius 1 is 0.815 bits per heavy atom. The van der Waals surface area contributed by atoms with Crippen LogP contribution >= 0.6 is 11.3 Å². The number of thiazole rings is 1. The molecule has 134 valence electrons. The third-order valence-corrected chi connectivity index (χ3v) is 5.23. The quantitative estimate of drug-likeness (QED) is 0.524. The molecule has 2 amide bonds. The molecule has 3 aromatic carbocycles. The van der Waals surface area contributed by atoms with Crippen molar-refractivity contribution in [2.45, 2.75) is 0 Å². The van der Waals surface area contributed by atoms with Crippen molar-refractivity contribution in [3.8, 4) is 0 Å². The molecular weight excluding hydrogens is 358 g/mol. The Morgan fingerprint density at radius 2 is 1.52 bits per heavy atom. The molecule has 0 spiro atoms. The maximum atomic E-state index is 12.3. The van der Waals surface area contributed by atoms with Crippen molar-refractivity contribution in [2.75, 3.05) is 13.1 Å². The van der Waals surface area contributed by atoms with Crippen molar-refractivity contribution in [1.82, 2.24) is 15.6 Å². The topological polar surface area (TPSA) is 71.1 Å². The standard InChI is InChI=1S/C21H17N3O2S/c25-19(16-10-9-14-5-1-2-6-15(14)13-16)22-11-12-23-20(26)21-24-17-7-3-4-8-18(17)27-21/h1-10,13H,11-12H2,(H,22,25)(H,23,26). The Labute approximate surface area is 160 Å². The largest absolute Gasteiger partial charge is 0.350 e. The van der Waals surface area contributed by atoms with E-state index in [0.29, 0.717) is 23.7 Å². The lowest BCUT2D eigenvalue weighted by Gasteiger charge is -2.07. The maximum absolute atomic E-state index is 12.3. The average molecular weight is 375 g/mol. The summed E-state index contributed by atoms with van der Waals surface area (Å²) in [7, 11) is 0. The molecule has 0 aliphatic heterocycles. The van der Waals surface area contributed by atoms with Crippen LogP contribution in [0.4, 0.5) is 0 Å². The Balaban J connectivity index is 1.31. The van der Waals surface area contributed by atoms with Crippen LogP contribution in [0.5, 0.6) is 0 Å². The second-order valence-corrected chi connectivity index (χ2v) is 7.09. The number of hydrogen-bond donors (Lipinski definition) is 2. The third-order valence-electron chi connectivity index (χ3n) is 4.20. The molecule has 0 saturated heterocycles. The van der Waals surface area contributed by atoms with Crippen molar-refractivity contribution in [3.05, 3.63) is 77.3 Å². The number of carbonyl (C=O) groups excluding carboxylic acids is 2. The average Bonchev–Trinajstić information content (AvgIpc) is 3.15. The van der Waals surface area contributed by atoms with Gasteiger partial charge < -0.3 is 10.6 Å². The first kappa shape index (κ1) is 17.2. The van der Waals surface area contributed by atoms with Crippen molar-refractivity contribution in [2.24, 2.45) is 0 Å². The zero-order valence-corrected chi connectivity index (χ0v) is 15.3. The molecule has 0 aliphatic rings.